The van der Waals surface area contributed by atoms with Gasteiger partial charge in [-0.1, -0.05) is 51.1 Å². The SMILES string of the molecule is CCC(=O)NC(C(=O)OCc1ccccc1)C(C)C. The molecule has 0 saturated heterocycles. The second-order valence-corrected chi connectivity index (χ2v) is 4.74. The highest BCUT2D eigenvalue weighted by Gasteiger charge is 2.25. The first-order chi connectivity index (χ1) is 9.04. The fraction of sp³-hybridized carbons (Fsp3) is 0.467. The van der Waals surface area contributed by atoms with Gasteiger partial charge >= 0.3 is 5.97 Å². The average Bonchev–Trinajstić information content (AvgIpc) is 2.42. The van der Waals surface area contributed by atoms with E-state index in [9.17, 15) is 9.59 Å². The fourth-order valence-corrected chi connectivity index (χ4v) is 1.59. The van der Waals surface area contributed by atoms with Crippen LogP contribution in [0.1, 0.15) is 32.8 Å². The molecule has 1 rings (SSSR count). The molecule has 0 radical (unpaired) electrons. The highest BCUT2D eigenvalue weighted by atomic mass is 16.5. The Hall–Kier alpha value is -1.84. The van der Waals surface area contributed by atoms with Crippen molar-refractivity contribution in [1.29, 1.82) is 0 Å². The van der Waals surface area contributed by atoms with Gasteiger partial charge < -0.3 is 10.1 Å². The van der Waals surface area contributed by atoms with E-state index in [4.69, 9.17) is 4.74 Å². The van der Waals surface area contributed by atoms with Gasteiger partial charge in [0.25, 0.3) is 0 Å². The Morgan fingerprint density at radius 2 is 1.84 bits per heavy atom. The van der Waals surface area contributed by atoms with Crippen molar-refractivity contribution in [3.63, 3.8) is 0 Å². The van der Waals surface area contributed by atoms with Gasteiger partial charge in [0.1, 0.15) is 12.6 Å². The molecule has 0 heterocycles. The van der Waals surface area contributed by atoms with Crippen molar-refractivity contribution in [1.82, 2.24) is 5.32 Å². The number of benzene rings is 1. The maximum absolute atomic E-state index is 12.0. The lowest BCUT2D eigenvalue weighted by Gasteiger charge is -2.20. The van der Waals surface area contributed by atoms with Crippen LogP contribution in [0.2, 0.25) is 0 Å². The lowest BCUT2D eigenvalue weighted by Crippen LogP contribution is -2.45. The molecule has 19 heavy (non-hydrogen) atoms. The Morgan fingerprint density at radius 1 is 1.21 bits per heavy atom. The summed E-state index contributed by atoms with van der Waals surface area (Å²) in [5.41, 5.74) is 0.931. The molecule has 0 fully saturated rings. The molecular weight excluding hydrogens is 242 g/mol. The smallest absolute Gasteiger partial charge is 0.329 e. The summed E-state index contributed by atoms with van der Waals surface area (Å²) in [7, 11) is 0. The third-order valence-electron chi connectivity index (χ3n) is 2.78. The van der Waals surface area contributed by atoms with E-state index in [0.29, 0.717) is 6.42 Å². The van der Waals surface area contributed by atoms with Gasteiger partial charge in [-0.3, -0.25) is 4.79 Å². The summed E-state index contributed by atoms with van der Waals surface area (Å²) >= 11 is 0. The van der Waals surface area contributed by atoms with Gasteiger partial charge in [0.15, 0.2) is 0 Å². The van der Waals surface area contributed by atoms with Crippen LogP contribution < -0.4 is 5.32 Å². The molecule has 1 atom stereocenters. The molecular formula is C15H21NO3. The van der Waals surface area contributed by atoms with Crippen molar-refractivity contribution >= 4 is 11.9 Å². The molecule has 1 aromatic rings. The first kappa shape index (κ1) is 15.2. The number of rotatable bonds is 6. The van der Waals surface area contributed by atoms with Crippen LogP contribution in [0, 0.1) is 5.92 Å². The molecule has 0 bridgehead atoms. The standard InChI is InChI=1S/C15H21NO3/c1-4-13(17)16-14(11(2)3)15(18)19-10-12-8-6-5-7-9-12/h5-9,11,14H,4,10H2,1-3H3,(H,16,17). The molecule has 0 aromatic heterocycles. The molecule has 4 heteroatoms. The van der Waals surface area contributed by atoms with Gasteiger partial charge in [0.2, 0.25) is 5.91 Å². The van der Waals surface area contributed by atoms with Gasteiger partial charge in [0, 0.05) is 6.42 Å². The normalized spacial score (nSPS) is 12.0. The Balaban J connectivity index is 2.55. The molecule has 4 nitrogen and oxygen atoms in total. The van der Waals surface area contributed by atoms with E-state index in [0.717, 1.165) is 5.56 Å². The summed E-state index contributed by atoms with van der Waals surface area (Å²) in [6.07, 6.45) is 0.356. The number of amides is 1. The molecule has 1 N–H and O–H groups in total. The topological polar surface area (TPSA) is 55.4 Å². The minimum Gasteiger partial charge on any atom is -0.459 e. The Morgan fingerprint density at radius 3 is 2.37 bits per heavy atom. The summed E-state index contributed by atoms with van der Waals surface area (Å²) in [6, 6.07) is 8.88. The van der Waals surface area contributed by atoms with E-state index >= 15 is 0 Å². The molecule has 0 aliphatic rings. The van der Waals surface area contributed by atoms with Crippen molar-refractivity contribution < 1.29 is 14.3 Å². The second-order valence-electron chi connectivity index (χ2n) is 4.74. The number of carbonyl (C=O) groups is 2. The summed E-state index contributed by atoms with van der Waals surface area (Å²) in [5.74, 6) is -0.533. The minimum absolute atomic E-state index is 0.00114. The highest BCUT2D eigenvalue weighted by Crippen LogP contribution is 2.07. The summed E-state index contributed by atoms with van der Waals surface area (Å²) in [4.78, 5) is 23.4. The zero-order valence-corrected chi connectivity index (χ0v) is 11.7. The Kier molecular flexibility index (Phi) is 6.06. The number of hydrogen-bond acceptors (Lipinski definition) is 3. The van der Waals surface area contributed by atoms with Crippen LogP contribution in [-0.4, -0.2) is 17.9 Å². The maximum Gasteiger partial charge on any atom is 0.329 e. The predicted molar refractivity (Wildman–Crippen MR) is 73.3 cm³/mol. The van der Waals surface area contributed by atoms with E-state index in [1.807, 2.05) is 44.2 Å². The van der Waals surface area contributed by atoms with E-state index in [2.05, 4.69) is 5.32 Å². The van der Waals surface area contributed by atoms with Gasteiger partial charge in [-0.25, -0.2) is 4.79 Å². The van der Waals surface area contributed by atoms with Crippen molar-refractivity contribution in [3.8, 4) is 0 Å². The zero-order valence-electron chi connectivity index (χ0n) is 11.7. The molecule has 1 amide bonds. The number of esters is 1. The van der Waals surface area contributed by atoms with Crippen LogP contribution in [0.4, 0.5) is 0 Å². The third kappa shape index (κ3) is 5.12. The molecule has 0 aliphatic carbocycles. The second kappa shape index (κ2) is 7.56. The Labute approximate surface area is 114 Å². The van der Waals surface area contributed by atoms with Gasteiger partial charge in [0.05, 0.1) is 0 Å². The number of nitrogens with one attached hydrogen (secondary N) is 1. The minimum atomic E-state index is -0.587. The number of ether oxygens (including phenoxy) is 1. The maximum atomic E-state index is 12.0. The van der Waals surface area contributed by atoms with Crippen LogP contribution in [-0.2, 0) is 20.9 Å². The van der Waals surface area contributed by atoms with E-state index < -0.39 is 6.04 Å². The van der Waals surface area contributed by atoms with Gasteiger partial charge in [-0.15, -0.1) is 0 Å². The summed E-state index contributed by atoms with van der Waals surface area (Å²) in [5, 5.41) is 2.69. The molecule has 0 aliphatic heterocycles. The lowest BCUT2D eigenvalue weighted by molar-refractivity contribution is -0.150. The number of carbonyl (C=O) groups excluding carboxylic acids is 2. The molecule has 1 unspecified atom stereocenters. The Bertz CT molecular complexity index is 415. The number of hydrogen-bond donors (Lipinski definition) is 1. The summed E-state index contributed by atoms with van der Waals surface area (Å²) in [6.45, 7) is 5.74. The molecule has 1 aromatic carbocycles. The molecule has 0 saturated carbocycles. The van der Waals surface area contributed by atoms with Crippen LogP contribution in [0.3, 0.4) is 0 Å². The fourth-order valence-electron chi connectivity index (χ4n) is 1.59. The van der Waals surface area contributed by atoms with Crippen LogP contribution in [0.25, 0.3) is 0 Å². The van der Waals surface area contributed by atoms with Gasteiger partial charge in [-0.2, -0.15) is 0 Å². The van der Waals surface area contributed by atoms with E-state index in [-0.39, 0.29) is 24.4 Å². The molecule has 0 spiro atoms. The van der Waals surface area contributed by atoms with Crippen LogP contribution in [0.5, 0.6) is 0 Å². The van der Waals surface area contributed by atoms with Crippen molar-refractivity contribution in [2.24, 2.45) is 5.92 Å². The first-order valence-corrected chi connectivity index (χ1v) is 6.54. The first-order valence-electron chi connectivity index (χ1n) is 6.54. The average molecular weight is 263 g/mol. The largest absolute Gasteiger partial charge is 0.459 e. The van der Waals surface area contributed by atoms with Crippen molar-refractivity contribution in [2.45, 2.75) is 39.8 Å². The van der Waals surface area contributed by atoms with E-state index in [1.165, 1.54) is 0 Å². The highest BCUT2D eigenvalue weighted by molar-refractivity contribution is 5.84. The monoisotopic (exact) mass is 263 g/mol. The van der Waals surface area contributed by atoms with Crippen molar-refractivity contribution in [3.05, 3.63) is 35.9 Å². The van der Waals surface area contributed by atoms with Gasteiger partial charge in [-0.05, 0) is 11.5 Å². The van der Waals surface area contributed by atoms with Crippen LogP contribution >= 0.6 is 0 Å². The third-order valence-corrected chi connectivity index (χ3v) is 2.78. The molecule has 104 valence electrons. The zero-order chi connectivity index (χ0) is 14.3. The lowest BCUT2D eigenvalue weighted by atomic mass is 10.0. The predicted octanol–water partition coefficient (Wildman–Crippen LogP) is 2.28. The van der Waals surface area contributed by atoms with Crippen LogP contribution in [0.15, 0.2) is 30.3 Å². The summed E-state index contributed by atoms with van der Waals surface area (Å²) < 4.78 is 5.24. The quantitative estimate of drug-likeness (QED) is 0.801. The van der Waals surface area contributed by atoms with Crippen molar-refractivity contribution in [2.75, 3.05) is 0 Å². The van der Waals surface area contributed by atoms with E-state index in [1.54, 1.807) is 6.92 Å².